The molecular weight excluding hydrogens is 485 g/mol. The van der Waals surface area contributed by atoms with E-state index in [0.29, 0.717) is 51.4 Å². The monoisotopic (exact) mass is 503 g/mol. The third-order valence-corrected chi connectivity index (χ3v) is 7.48. The number of benzene rings is 2. The summed E-state index contributed by atoms with van der Waals surface area (Å²) in [6.07, 6.45) is 3.24. The highest BCUT2D eigenvalue weighted by atomic mass is 35.5. The molecule has 2 aromatic carbocycles. The van der Waals surface area contributed by atoms with Gasteiger partial charge in [0.2, 0.25) is 0 Å². The van der Waals surface area contributed by atoms with E-state index in [1.54, 1.807) is 18.3 Å². The van der Waals surface area contributed by atoms with Gasteiger partial charge in [-0.25, -0.2) is 0 Å². The molecule has 174 valence electrons. The molecule has 0 aliphatic carbocycles. The van der Waals surface area contributed by atoms with Crippen LogP contribution in [0.5, 0.6) is 0 Å². The minimum atomic E-state index is -0.461. The maximum absolute atomic E-state index is 7.75. The van der Waals surface area contributed by atoms with Crippen molar-refractivity contribution in [2.24, 2.45) is 5.73 Å². The number of aromatic nitrogens is 6. The van der Waals surface area contributed by atoms with Gasteiger partial charge in [-0.3, -0.25) is 10.2 Å². The second kappa shape index (κ2) is 8.20. The number of anilines is 1. The summed E-state index contributed by atoms with van der Waals surface area (Å²) in [7, 11) is 0. The third kappa shape index (κ3) is 3.58. The van der Waals surface area contributed by atoms with E-state index in [1.807, 2.05) is 12.1 Å². The predicted octanol–water partition coefficient (Wildman–Crippen LogP) is 5.21. The first kappa shape index (κ1) is 21.8. The Morgan fingerprint density at radius 1 is 1.09 bits per heavy atom. The van der Waals surface area contributed by atoms with Gasteiger partial charge in [0.05, 0.1) is 32.8 Å². The van der Waals surface area contributed by atoms with Gasteiger partial charge in [0.1, 0.15) is 0 Å². The number of aromatic amines is 2. The van der Waals surface area contributed by atoms with Crippen LogP contribution in [0, 0.1) is 6.57 Å². The first-order chi connectivity index (χ1) is 17.0. The lowest BCUT2D eigenvalue weighted by molar-refractivity contribution is 0.341. The molecular formula is C24H19Cl2N9. The number of nitrogens with zero attached hydrogens (tertiary/aromatic N) is 6. The second-order valence-electron chi connectivity index (χ2n) is 8.67. The van der Waals surface area contributed by atoms with Crippen molar-refractivity contribution in [3.8, 4) is 11.3 Å². The maximum atomic E-state index is 7.75. The van der Waals surface area contributed by atoms with Crippen LogP contribution in [-0.2, 0) is 5.54 Å². The Kier molecular flexibility index (Phi) is 5.11. The van der Waals surface area contributed by atoms with E-state index >= 15 is 0 Å². The number of piperidine rings is 1. The van der Waals surface area contributed by atoms with Gasteiger partial charge in [0, 0.05) is 29.6 Å². The number of hydrogen-bond donors (Lipinski definition) is 3. The molecule has 0 radical (unpaired) electrons. The normalized spacial score (nSPS) is 15.5. The highest BCUT2D eigenvalue weighted by Gasteiger charge is 2.35. The fourth-order valence-corrected chi connectivity index (χ4v) is 5.05. The van der Waals surface area contributed by atoms with Crippen molar-refractivity contribution in [3.63, 3.8) is 0 Å². The van der Waals surface area contributed by atoms with E-state index < -0.39 is 5.54 Å². The molecule has 9 nitrogen and oxygen atoms in total. The van der Waals surface area contributed by atoms with Crippen molar-refractivity contribution < 1.29 is 0 Å². The number of fused-ring (bicyclic) bond motifs is 2. The smallest absolute Gasteiger partial charge is 0.324 e. The second-order valence-corrected chi connectivity index (χ2v) is 9.46. The largest absolute Gasteiger partial charge is 0.360 e. The summed E-state index contributed by atoms with van der Waals surface area (Å²) in [4.78, 5) is 15.0. The highest BCUT2D eigenvalue weighted by molar-refractivity contribution is 6.43. The van der Waals surface area contributed by atoms with Crippen molar-refractivity contribution in [2.75, 3.05) is 18.0 Å². The molecule has 0 saturated carbocycles. The number of hydrogen-bond acceptors (Lipinski definition) is 6. The molecule has 0 unspecified atom stereocenters. The van der Waals surface area contributed by atoms with Crippen LogP contribution in [0.3, 0.4) is 0 Å². The first-order valence-electron chi connectivity index (χ1n) is 11.0. The lowest BCUT2D eigenvalue weighted by Gasteiger charge is -2.38. The van der Waals surface area contributed by atoms with Crippen molar-refractivity contribution in [1.82, 2.24) is 30.4 Å². The van der Waals surface area contributed by atoms with Crippen LogP contribution < -0.4 is 10.6 Å². The number of nitrogens with two attached hydrogens (primary N) is 1. The molecule has 1 aliphatic rings. The summed E-state index contributed by atoms with van der Waals surface area (Å²) in [5.41, 5.74) is 10.1. The fourth-order valence-electron chi connectivity index (χ4n) is 4.66. The Balaban J connectivity index is 1.31. The average Bonchev–Trinajstić information content (AvgIpc) is 3.52. The molecule has 35 heavy (non-hydrogen) atoms. The van der Waals surface area contributed by atoms with E-state index in [1.165, 1.54) is 0 Å². The van der Waals surface area contributed by atoms with Gasteiger partial charge >= 0.3 is 5.95 Å². The number of nitrogens with one attached hydrogen (secondary N) is 2. The van der Waals surface area contributed by atoms with E-state index in [9.17, 15) is 0 Å². The zero-order valence-corrected chi connectivity index (χ0v) is 19.9. The van der Waals surface area contributed by atoms with E-state index in [-0.39, 0.29) is 5.82 Å². The summed E-state index contributed by atoms with van der Waals surface area (Å²) >= 11 is 12.6. The molecule has 0 spiro atoms. The van der Waals surface area contributed by atoms with Crippen LogP contribution in [0.1, 0.15) is 18.4 Å². The molecule has 11 heteroatoms. The van der Waals surface area contributed by atoms with Crippen LogP contribution in [0.25, 0.3) is 38.0 Å². The van der Waals surface area contributed by atoms with Gasteiger partial charge in [-0.1, -0.05) is 53.0 Å². The molecule has 4 heterocycles. The predicted molar refractivity (Wildman–Crippen MR) is 137 cm³/mol. The molecule has 3 aromatic heterocycles. The van der Waals surface area contributed by atoms with Gasteiger partial charge in [-0.2, -0.15) is 15.2 Å². The lowest BCUT2D eigenvalue weighted by Crippen LogP contribution is -2.48. The molecule has 1 fully saturated rings. The minimum Gasteiger partial charge on any atom is -0.360 e. The Labute approximate surface area is 210 Å². The van der Waals surface area contributed by atoms with Gasteiger partial charge in [0.25, 0.3) is 5.82 Å². The van der Waals surface area contributed by atoms with Crippen molar-refractivity contribution in [3.05, 3.63) is 69.6 Å². The summed E-state index contributed by atoms with van der Waals surface area (Å²) < 4.78 is 0. The molecule has 0 amide bonds. The van der Waals surface area contributed by atoms with Crippen LogP contribution in [-0.4, -0.2) is 43.5 Å². The van der Waals surface area contributed by atoms with Crippen LogP contribution in [0.15, 0.2) is 42.6 Å². The summed E-state index contributed by atoms with van der Waals surface area (Å²) in [6.45, 7) is 9.05. The summed E-state index contributed by atoms with van der Waals surface area (Å²) in [6, 6.07) is 11.5. The van der Waals surface area contributed by atoms with Crippen LogP contribution in [0.4, 0.5) is 11.8 Å². The van der Waals surface area contributed by atoms with Crippen molar-refractivity contribution in [1.29, 1.82) is 0 Å². The molecule has 4 N–H and O–H groups in total. The quantitative estimate of drug-likeness (QED) is 0.291. The van der Waals surface area contributed by atoms with Gasteiger partial charge in [-0.05, 0) is 36.6 Å². The Morgan fingerprint density at radius 3 is 2.71 bits per heavy atom. The van der Waals surface area contributed by atoms with Crippen molar-refractivity contribution in [2.45, 2.75) is 18.4 Å². The lowest BCUT2D eigenvalue weighted by atomic mass is 9.81. The summed E-state index contributed by atoms with van der Waals surface area (Å²) in [5.74, 6) is 0.672. The fraction of sp³-hybridized carbons (Fsp3) is 0.208. The first-order valence-corrected chi connectivity index (χ1v) is 11.8. The highest BCUT2D eigenvalue weighted by Crippen LogP contribution is 2.39. The zero-order valence-electron chi connectivity index (χ0n) is 18.4. The van der Waals surface area contributed by atoms with Crippen LogP contribution >= 0.6 is 23.2 Å². The van der Waals surface area contributed by atoms with E-state index in [0.717, 1.165) is 29.3 Å². The molecule has 6 rings (SSSR count). The molecule has 1 saturated heterocycles. The molecule has 1 aliphatic heterocycles. The molecule has 0 bridgehead atoms. The Morgan fingerprint density at radius 2 is 1.91 bits per heavy atom. The molecule has 5 aromatic rings. The van der Waals surface area contributed by atoms with Gasteiger partial charge < -0.3 is 15.5 Å². The number of H-pyrrole nitrogens is 2. The SMILES string of the molecule is [C-]#[N+]c1nc(N2CCC(N)(c3ccc4[nH]ncc4c3)CC2)nc2n[nH]c(-c3cccc(Cl)c3Cl)c12. The topological polar surface area (TPSA) is 117 Å². The molecule has 0 atom stereocenters. The van der Waals surface area contributed by atoms with Crippen LogP contribution in [0.2, 0.25) is 10.0 Å². The van der Waals surface area contributed by atoms with Gasteiger partial charge in [0.15, 0.2) is 5.65 Å². The number of rotatable bonds is 3. The van der Waals surface area contributed by atoms with Gasteiger partial charge in [-0.15, -0.1) is 0 Å². The van der Waals surface area contributed by atoms with E-state index in [4.69, 9.17) is 35.5 Å². The third-order valence-electron chi connectivity index (χ3n) is 6.66. The zero-order chi connectivity index (χ0) is 24.2. The average molecular weight is 504 g/mol. The number of halogens is 2. The maximum Gasteiger partial charge on any atom is 0.324 e. The van der Waals surface area contributed by atoms with E-state index in [2.05, 4.69) is 52.2 Å². The summed E-state index contributed by atoms with van der Waals surface area (Å²) in [5, 5.41) is 16.7. The standard InChI is InChI=1S/C24H19Cl2N9/c1-28-21-18-20(15-3-2-4-16(25)19(15)26)33-34-22(18)31-23(30-21)35-9-7-24(27,8-10-35)14-5-6-17-13(11-14)12-29-32-17/h2-6,11-12H,7-10,27H2,(H,29,32)(H,30,31,33,34). The Bertz CT molecular complexity index is 1620. The minimum absolute atomic E-state index is 0.208. The Hall–Kier alpha value is -3.71. The van der Waals surface area contributed by atoms with Crippen molar-refractivity contribution >= 4 is 56.9 Å².